The topological polar surface area (TPSA) is 84.8 Å². The van der Waals surface area contributed by atoms with Crippen LogP contribution < -0.4 is 10.5 Å². The predicted molar refractivity (Wildman–Crippen MR) is 79.9 cm³/mol. The monoisotopic (exact) mass is 276 g/mol. The Balaban J connectivity index is 2.04. The molecular formula is C16H12N4O. The SMILES string of the molecule is Cc1cc(N)nc2cc(Oc3ccccc3C#N)cnc12. The maximum atomic E-state index is 9.07. The van der Waals surface area contributed by atoms with Crippen LogP contribution in [-0.2, 0) is 0 Å². The lowest BCUT2D eigenvalue weighted by molar-refractivity contribution is 0.479. The molecule has 0 atom stereocenters. The molecule has 3 rings (SSSR count). The van der Waals surface area contributed by atoms with Crippen molar-refractivity contribution >= 4 is 16.9 Å². The Hall–Kier alpha value is -3.13. The Morgan fingerprint density at radius 1 is 1.24 bits per heavy atom. The summed E-state index contributed by atoms with van der Waals surface area (Å²) in [4.78, 5) is 8.60. The first-order valence-corrected chi connectivity index (χ1v) is 6.37. The van der Waals surface area contributed by atoms with Crippen LogP contribution in [0.15, 0.2) is 42.6 Å². The number of anilines is 1. The maximum Gasteiger partial charge on any atom is 0.147 e. The fourth-order valence-corrected chi connectivity index (χ4v) is 2.12. The van der Waals surface area contributed by atoms with Crippen molar-refractivity contribution < 1.29 is 4.74 Å². The number of para-hydroxylation sites is 1. The van der Waals surface area contributed by atoms with Crippen molar-refractivity contribution in [2.75, 3.05) is 5.73 Å². The first-order valence-electron chi connectivity index (χ1n) is 6.37. The van der Waals surface area contributed by atoms with Gasteiger partial charge in [-0.1, -0.05) is 12.1 Å². The number of nitriles is 1. The second-order valence-corrected chi connectivity index (χ2v) is 4.61. The zero-order valence-electron chi connectivity index (χ0n) is 11.4. The van der Waals surface area contributed by atoms with Gasteiger partial charge < -0.3 is 10.5 Å². The van der Waals surface area contributed by atoms with Gasteiger partial charge in [-0.25, -0.2) is 4.98 Å². The van der Waals surface area contributed by atoms with E-state index < -0.39 is 0 Å². The summed E-state index contributed by atoms with van der Waals surface area (Å²) in [6, 6.07) is 12.7. The van der Waals surface area contributed by atoms with Crippen LogP contribution in [-0.4, -0.2) is 9.97 Å². The third-order valence-corrected chi connectivity index (χ3v) is 3.07. The van der Waals surface area contributed by atoms with Crippen LogP contribution in [0.1, 0.15) is 11.1 Å². The van der Waals surface area contributed by atoms with E-state index in [1.54, 1.807) is 36.5 Å². The summed E-state index contributed by atoms with van der Waals surface area (Å²) in [6.07, 6.45) is 1.61. The number of ether oxygens (including phenoxy) is 1. The van der Waals surface area contributed by atoms with E-state index in [4.69, 9.17) is 15.7 Å². The number of nitrogen functional groups attached to an aromatic ring is 1. The van der Waals surface area contributed by atoms with Crippen molar-refractivity contribution in [1.29, 1.82) is 5.26 Å². The van der Waals surface area contributed by atoms with Crippen LogP contribution in [0.25, 0.3) is 11.0 Å². The molecule has 0 radical (unpaired) electrons. The predicted octanol–water partition coefficient (Wildman–Crippen LogP) is 3.18. The molecule has 0 fully saturated rings. The summed E-state index contributed by atoms with van der Waals surface area (Å²) in [6.45, 7) is 1.93. The third kappa shape index (κ3) is 2.47. The van der Waals surface area contributed by atoms with E-state index in [9.17, 15) is 0 Å². The van der Waals surface area contributed by atoms with Gasteiger partial charge in [0.1, 0.15) is 23.4 Å². The Morgan fingerprint density at radius 2 is 2.05 bits per heavy atom. The van der Waals surface area contributed by atoms with Gasteiger partial charge in [-0.2, -0.15) is 5.26 Å². The van der Waals surface area contributed by atoms with E-state index in [0.29, 0.717) is 28.4 Å². The lowest BCUT2D eigenvalue weighted by atomic mass is 10.2. The van der Waals surface area contributed by atoms with Gasteiger partial charge in [0, 0.05) is 6.07 Å². The van der Waals surface area contributed by atoms with Crippen LogP contribution in [0.5, 0.6) is 11.5 Å². The zero-order valence-corrected chi connectivity index (χ0v) is 11.4. The van der Waals surface area contributed by atoms with Gasteiger partial charge in [-0.05, 0) is 30.7 Å². The number of rotatable bonds is 2. The lowest BCUT2D eigenvalue weighted by Gasteiger charge is -2.08. The molecule has 0 aliphatic rings. The quantitative estimate of drug-likeness (QED) is 0.777. The fraction of sp³-hybridized carbons (Fsp3) is 0.0625. The van der Waals surface area contributed by atoms with Crippen molar-refractivity contribution in [3.05, 3.63) is 53.7 Å². The first-order chi connectivity index (χ1) is 10.2. The Kier molecular flexibility index (Phi) is 3.13. The second-order valence-electron chi connectivity index (χ2n) is 4.61. The first kappa shape index (κ1) is 12.9. The number of hydrogen-bond donors (Lipinski definition) is 1. The Bertz CT molecular complexity index is 868. The zero-order chi connectivity index (χ0) is 14.8. The molecule has 2 aromatic heterocycles. The van der Waals surface area contributed by atoms with E-state index >= 15 is 0 Å². The van der Waals surface area contributed by atoms with Gasteiger partial charge in [0.25, 0.3) is 0 Å². The molecule has 2 heterocycles. The van der Waals surface area contributed by atoms with E-state index in [-0.39, 0.29) is 0 Å². The molecule has 0 saturated heterocycles. The molecule has 5 nitrogen and oxygen atoms in total. The summed E-state index contributed by atoms with van der Waals surface area (Å²) in [5, 5.41) is 9.07. The van der Waals surface area contributed by atoms with E-state index in [0.717, 1.165) is 11.1 Å². The van der Waals surface area contributed by atoms with Crippen molar-refractivity contribution in [1.82, 2.24) is 9.97 Å². The van der Waals surface area contributed by atoms with Gasteiger partial charge >= 0.3 is 0 Å². The van der Waals surface area contributed by atoms with Crippen molar-refractivity contribution in [3.63, 3.8) is 0 Å². The van der Waals surface area contributed by atoms with E-state index in [2.05, 4.69) is 16.0 Å². The Morgan fingerprint density at radius 3 is 2.86 bits per heavy atom. The average Bonchev–Trinajstić information content (AvgIpc) is 2.47. The molecule has 0 unspecified atom stereocenters. The molecular weight excluding hydrogens is 264 g/mol. The van der Waals surface area contributed by atoms with Gasteiger partial charge in [-0.15, -0.1) is 0 Å². The van der Waals surface area contributed by atoms with Gasteiger partial charge in [0.2, 0.25) is 0 Å². The largest absolute Gasteiger partial charge is 0.454 e. The minimum atomic E-state index is 0.441. The number of hydrogen-bond acceptors (Lipinski definition) is 5. The summed E-state index contributed by atoms with van der Waals surface area (Å²) in [5.74, 6) is 1.45. The van der Waals surface area contributed by atoms with Crippen LogP contribution >= 0.6 is 0 Å². The molecule has 21 heavy (non-hydrogen) atoms. The normalized spacial score (nSPS) is 10.3. The number of nitrogens with two attached hydrogens (primary N) is 1. The highest BCUT2D eigenvalue weighted by Crippen LogP contribution is 2.27. The second kappa shape index (κ2) is 5.10. The van der Waals surface area contributed by atoms with Crippen LogP contribution in [0.4, 0.5) is 5.82 Å². The molecule has 102 valence electrons. The summed E-state index contributed by atoms with van der Waals surface area (Å²) >= 11 is 0. The molecule has 0 spiro atoms. The number of benzene rings is 1. The summed E-state index contributed by atoms with van der Waals surface area (Å²) in [5.41, 5.74) is 8.63. The van der Waals surface area contributed by atoms with Gasteiger partial charge in [0.15, 0.2) is 0 Å². The minimum Gasteiger partial charge on any atom is -0.454 e. The molecule has 2 N–H and O–H groups in total. The number of nitrogens with zero attached hydrogens (tertiary/aromatic N) is 3. The number of aryl methyl sites for hydroxylation is 1. The molecule has 5 heteroatoms. The highest BCUT2D eigenvalue weighted by molar-refractivity contribution is 5.80. The number of pyridine rings is 2. The Labute approximate surface area is 121 Å². The summed E-state index contributed by atoms with van der Waals surface area (Å²) < 4.78 is 5.72. The van der Waals surface area contributed by atoms with Crippen LogP contribution in [0, 0.1) is 18.3 Å². The molecule has 3 aromatic rings. The van der Waals surface area contributed by atoms with Crippen LogP contribution in [0.3, 0.4) is 0 Å². The number of fused-ring (bicyclic) bond motifs is 1. The molecule has 0 amide bonds. The molecule has 0 aliphatic heterocycles. The van der Waals surface area contributed by atoms with Crippen molar-refractivity contribution in [3.8, 4) is 17.6 Å². The highest BCUT2D eigenvalue weighted by atomic mass is 16.5. The molecule has 0 saturated carbocycles. The summed E-state index contributed by atoms with van der Waals surface area (Å²) in [7, 11) is 0. The van der Waals surface area contributed by atoms with Crippen molar-refractivity contribution in [2.45, 2.75) is 6.92 Å². The van der Waals surface area contributed by atoms with E-state index in [1.807, 2.05) is 13.0 Å². The smallest absolute Gasteiger partial charge is 0.147 e. The molecule has 1 aromatic carbocycles. The van der Waals surface area contributed by atoms with Crippen LogP contribution in [0.2, 0.25) is 0 Å². The minimum absolute atomic E-state index is 0.441. The van der Waals surface area contributed by atoms with Crippen molar-refractivity contribution in [2.24, 2.45) is 0 Å². The lowest BCUT2D eigenvalue weighted by Crippen LogP contribution is -1.95. The molecule has 0 aliphatic carbocycles. The maximum absolute atomic E-state index is 9.07. The molecule has 0 bridgehead atoms. The van der Waals surface area contributed by atoms with Gasteiger partial charge in [0.05, 0.1) is 22.8 Å². The van der Waals surface area contributed by atoms with E-state index in [1.165, 1.54) is 0 Å². The highest BCUT2D eigenvalue weighted by Gasteiger charge is 2.07. The average molecular weight is 276 g/mol. The number of aromatic nitrogens is 2. The fourth-order valence-electron chi connectivity index (χ4n) is 2.12. The third-order valence-electron chi connectivity index (χ3n) is 3.07. The van der Waals surface area contributed by atoms with Gasteiger partial charge in [-0.3, -0.25) is 4.98 Å². The standard InChI is InChI=1S/C16H12N4O/c1-10-6-15(18)20-13-7-12(9-19-16(10)13)21-14-5-3-2-4-11(14)8-17/h2-7,9H,1H3,(H2,18,20).